The Morgan fingerprint density at radius 1 is 1.29 bits per heavy atom. The second-order valence-electron chi connectivity index (χ2n) is 3.28. The number of fused-ring (bicyclic) bond motifs is 1. The van der Waals surface area contributed by atoms with E-state index in [0.29, 0.717) is 5.69 Å². The molecule has 1 atom stereocenters. The molecule has 1 aromatic carbocycles. The minimum atomic E-state index is -0.515. The standard InChI is InChI=1S/C11H10BrNO/c1-7(14)11-5-9-4-10(12)3-2-8(9)6-13-11/h2-7,14H,1H3. The van der Waals surface area contributed by atoms with Crippen molar-refractivity contribution < 1.29 is 5.11 Å². The normalized spacial score (nSPS) is 13.1. The Morgan fingerprint density at radius 3 is 2.79 bits per heavy atom. The molecule has 0 aliphatic heterocycles. The molecule has 1 aromatic heterocycles. The molecule has 2 rings (SSSR count). The van der Waals surface area contributed by atoms with E-state index in [1.165, 1.54) is 0 Å². The van der Waals surface area contributed by atoms with Crippen molar-refractivity contribution in [2.45, 2.75) is 13.0 Å². The van der Waals surface area contributed by atoms with Crippen molar-refractivity contribution in [3.63, 3.8) is 0 Å². The molecule has 0 saturated heterocycles. The van der Waals surface area contributed by atoms with E-state index in [2.05, 4.69) is 20.9 Å². The second kappa shape index (κ2) is 3.67. The van der Waals surface area contributed by atoms with Crippen LogP contribution in [-0.4, -0.2) is 10.1 Å². The van der Waals surface area contributed by atoms with Crippen molar-refractivity contribution in [2.24, 2.45) is 0 Å². The predicted molar refractivity (Wildman–Crippen MR) is 60.1 cm³/mol. The smallest absolute Gasteiger partial charge is 0.0931 e. The number of benzene rings is 1. The maximum Gasteiger partial charge on any atom is 0.0931 e. The highest BCUT2D eigenvalue weighted by atomic mass is 79.9. The average Bonchev–Trinajstić information content (AvgIpc) is 2.16. The van der Waals surface area contributed by atoms with Gasteiger partial charge in [-0.1, -0.05) is 22.0 Å². The zero-order chi connectivity index (χ0) is 10.1. The third-order valence-electron chi connectivity index (χ3n) is 2.13. The molecule has 0 aliphatic rings. The highest BCUT2D eigenvalue weighted by Crippen LogP contribution is 2.21. The molecule has 0 fully saturated rings. The summed E-state index contributed by atoms with van der Waals surface area (Å²) in [5.41, 5.74) is 0.704. The Bertz CT molecular complexity index is 468. The monoisotopic (exact) mass is 251 g/mol. The van der Waals surface area contributed by atoms with Crippen molar-refractivity contribution in [2.75, 3.05) is 0 Å². The molecule has 2 nitrogen and oxygen atoms in total. The molecule has 1 heterocycles. The number of rotatable bonds is 1. The fraction of sp³-hybridized carbons (Fsp3) is 0.182. The van der Waals surface area contributed by atoms with Crippen LogP contribution in [0.4, 0.5) is 0 Å². The van der Waals surface area contributed by atoms with E-state index < -0.39 is 6.10 Å². The Kier molecular flexibility index (Phi) is 2.52. The third-order valence-corrected chi connectivity index (χ3v) is 2.63. The number of aromatic nitrogens is 1. The molecule has 2 aromatic rings. The summed E-state index contributed by atoms with van der Waals surface area (Å²) in [7, 11) is 0. The summed E-state index contributed by atoms with van der Waals surface area (Å²) in [4.78, 5) is 4.17. The summed E-state index contributed by atoms with van der Waals surface area (Å²) in [6.07, 6.45) is 1.27. The molecule has 0 amide bonds. The Morgan fingerprint density at radius 2 is 2.07 bits per heavy atom. The minimum absolute atomic E-state index is 0.515. The van der Waals surface area contributed by atoms with E-state index in [1.54, 1.807) is 13.1 Å². The zero-order valence-electron chi connectivity index (χ0n) is 7.74. The molecule has 3 heteroatoms. The van der Waals surface area contributed by atoms with E-state index in [0.717, 1.165) is 15.2 Å². The minimum Gasteiger partial charge on any atom is -0.387 e. The van der Waals surface area contributed by atoms with Crippen LogP contribution in [0.1, 0.15) is 18.7 Å². The lowest BCUT2D eigenvalue weighted by molar-refractivity contribution is 0.194. The van der Waals surface area contributed by atoms with Crippen LogP contribution in [0.3, 0.4) is 0 Å². The molecule has 14 heavy (non-hydrogen) atoms. The lowest BCUT2D eigenvalue weighted by Gasteiger charge is -2.05. The van der Waals surface area contributed by atoms with Crippen LogP contribution in [0, 0.1) is 0 Å². The maximum atomic E-state index is 9.38. The van der Waals surface area contributed by atoms with Crippen molar-refractivity contribution >= 4 is 26.7 Å². The van der Waals surface area contributed by atoms with Gasteiger partial charge in [0.2, 0.25) is 0 Å². The summed E-state index contributed by atoms with van der Waals surface area (Å²) in [6.45, 7) is 1.71. The van der Waals surface area contributed by atoms with E-state index >= 15 is 0 Å². The Hall–Kier alpha value is -0.930. The summed E-state index contributed by atoms with van der Waals surface area (Å²) in [6, 6.07) is 7.90. The van der Waals surface area contributed by atoms with Crippen LogP contribution in [0.2, 0.25) is 0 Å². The van der Waals surface area contributed by atoms with Crippen LogP contribution in [0.25, 0.3) is 10.8 Å². The molecule has 1 unspecified atom stereocenters. The van der Waals surface area contributed by atoms with Gasteiger partial charge in [-0.2, -0.15) is 0 Å². The zero-order valence-corrected chi connectivity index (χ0v) is 9.32. The molecule has 0 spiro atoms. The number of aliphatic hydroxyl groups excluding tert-OH is 1. The highest BCUT2D eigenvalue weighted by Gasteiger charge is 2.03. The van der Waals surface area contributed by atoms with Gasteiger partial charge >= 0.3 is 0 Å². The Balaban J connectivity index is 2.63. The summed E-state index contributed by atoms with van der Waals surface area (Å²) >= 11 is 3.41. The number of pyridine rings is 1. The van der Waals surface area contributed by atoms with Gasteiger partial charge in [-0.05, 0) is 30.5 Å². The van der Waals surface area contributed by atoms with Gasteiger partial charge in [-0.15, -0.1) is 0 Å². The molecule has 0 radical (unpaired) electrons. The largest absolute Gasteiger partial charge is 0.387 e. The molecular weight excluding hydrogens is 242 g/mol. The van der Waals surface area contributed by atoms with Gasteiger partial charge in [-0.3, -0.25) is 4.98 Å². The van der Waals surface area contributed by atoms with E-state index in [9.17, 15) is 5.11 Å². The van der Waals surface area contributed by atoms with E-state index in [4.69, 9.17) is 0 Å². The molecule has 0 saturated carbocycles. The van der Waals surface area contributed by atoms with E-state index in [1.807, 2.05) is 24.3 Å². The number of nitrogens with zero attached hydrogens (tertiary/aromatic N) is 1. The van der Waals surface area contributed by atoms with Crippen molar-refractivity contribution in [3.8, 4) is 0 Å². The lowest BCUT2D eigenvalue weighted by atomic mass is 10.1. The first kappa shape index (κ1) is 9.62. The van der Waals surface area contributed by atoms with E-state index in [-0.39, 0.29) is 0 Å². The van der Waals surface area contributed by atoms with Crippen LogP contribution < -0.4 is 0 Å². The quantitative estimate of drug-likeness (QED) is 0.846. The lowest BCUT2D eigenvalue weighted by Crippen LogP contribution is -1.94. The molecule has 0 bridgehead atoms. The van der Waals surface area contributed by atoms with Gasteiger partial charge in [0.05, 0.1) is 11.8 Å². The topological polar surface area (TPSA) is 33.1 Å². The fourth-order valence-corrected chi connectivity index (χ4v) is 1.74. The van der Waals surface area contributed by atoms with Gasteiger partial charge in [0, 0.05) is 16.1 Å². The van der Waals surface area contributed by atoms with Gasteiger partial charge in [-0.25, -0.2) is 0 Å². The van der Waals surface area contributed by atoms with Gasteiger partial charge in [0.25, 0.3) is 0 Å². The van der Waals surface area contributed by atoms with Gasteiger partial charge < -0.3 is 5.11 Å². The highest BCUT2D eigenvalue weighted by molar-refractivity contribution is 9.10. The first-order valence-electron chi connectivity index (χ1n) is 4.40. The van der Waals surface area contributed by atoms with Gasteiger partial charge in [0.15, 0.2) is 0 Å². The molecule has 72 valence electrons. The first-order valence-corrected chi connectivity index (χ1v) is 5.19. The second-order valence-corrected chi connectivity index (χ2v) is 4.19. The fourth-order valence-electron chi connectivity index (χ4n) is 1.36. The summed E-state index contributed by atoms with van der Waals surface area (Å²) in [5, 5.41) is 11.5. The summed E-state index contributed by atoms with van der Waals surface area (Å²) < 4.78 is 1.03. The number of halogens is 1. The molecule has 1 N–H and O–H groups in total. The third kappa shape index (κ3) is 1.79. The van der Waals surface area contributed by atoms with Crippen molar-refractivity contribution in [1.82, 2.24) is 4.98 Å². The summed E-state index contributed by atoms with van der Waals surface area (Å²) in [5.74, 6) is 0. The van der Waals surface area contributed by atoms with Crippen LogP contribution in [-0.2, 0) is 0 Å². The maximum absolute atomic E-state index is 9.38. The number of aliphatic hydroxyl groups is 1. The first-order chi connectivity index (χ1) is 6.66. The number of hydrogen-bond donors (Lipinski definition) is 1. The predicted octanol–water partition coefficient (Wildman–Crippen LogP) is 3.05. The van der Waals surface area contributed by atoms with Gasteiger partial charge in [0.1, 0.15) is 0 Å². The molecular formula is C11H10BrNO. The van der Waals surface area contributed by atoms with Crippen LogP contribution in [0.5, 0.6) is 0 Å². The average molecular weight is 252 g/mol. The van der Waals surface area contributed by atoms with Crippen molar-refractivity contribution in [1.29, 1.82) is 0 Å². The molecule has 0 aliphatic carbocycles. The SMILES string of the molecule is CC(O)c1cc2cc(Br)ccc2cn1. The van der Waals surface area contributed by atoms with Crippen LogP contribution in [0.15, 0.2) is 34.9 Å². The van der Waals surface area contributed by atoms with Crippen molar-refractivity contribution in [3.05, 3.63) is 40.6 Å². The Labute approximate surface area is 90.7 Å². The number of hydrogen-bond acceptors (Lipinski definition) is 2. The van der Waals surface area contributed by atoms with Crippen LogP contribution >= 0.6 is 15.9 Å².